The number of carbonyl (C=O) groups excluding carboxylic acids is 4. The minimum Gasteiger partial charge on any atom is -0.455 e. The fourth-order valence-corrected chi connectivity index (χ4v) is 8.74. The molecule has 3 heterocycles. The SMILES string of the molecule is C=CCCC(=O)NC[C@H](OC(=O)[C@@H]1[C@H]2O[C@@]3(CC2Br)[C@H](C(=O)N(CC=C)Cc2ccccc2)N([C@@H](CO)[C@@H](C)CC)C(=O)[C@@H]13)c1ccccc1. The predicted molar refractivity (Wildman–Crippen MR) is 193 cm³/mol. The van der Waals surface area contributed by atoms with E-state index in [9.17, 15) is 24.3 Å². The van der Waals surface area contributed by atoms with Gasteiger partial charge in [0, 0.05) is 24.3 Å². The number of carbonyl (C=O) groups is 4. The lowest BCUT2D eigenvalue weighted by Gasteiger charge is -2.41. The van der Waals surface area contributed by atoms with Gasteiger partial charge >= 0.3 is 5.97 Å². The molecule has 1 unspecified atom stereocenters. The number of allylic oxidation sites excluding steroid dienone is 1. The van der Waals surface area contributed by atoms with Crippen LogP contribution in [0, 0.1) is 17.8 Å². The third-order valence-corrected chi connectivity index (χ3v) is 11.3. The van der Waals surface area contributed by atoms with Crippen LogP contribution in [0.25, 0.3) is 0 Å². The number of amides is 3. The molecule has 11 heteroatoms. The fourth-order valence-electron chi connectivity index (χ4n) is 7.79. The van der Waals surface area contributed by atoms with Crippen molar-refractivity contribution in [2.45, 2.75) is 80.8 Å². The molecule has 3 saturated heterocycles. The average Bonchev–Trinajstić information content (AvgIpc) is 3.72. The molecular formula is C39H48BrN3O7. The summed E-state index contributed by atoms with van der Waals surface area (Å²) in [4.78, 5) is 59.4. The summed E-state index contributed by atoms with van der Waals surface area (Å²) in [6, 6.07) is 16.9. The number of aliphatic hydroxyl groups excluding tert-OH is 1. The Balaban J connectivity index is 1.51. The first-order valence-corrected chi connectivity index (χ1v) is 18.3. The van der Waals surface area contributed by atoms with Crippen LogP contribution in [0.3, 0.4) is 0 Å². The Labute approximate surface area is 303 Å². The Morgan fingerprint density at radius 1 is 1.14 bits per heavy atom. The second kappa shape index (κ2) is 16.5. The van der Waals surface area contributed by atoms with Crippen LogP contribution in [0.4, 0.5) is 0 Å². The van der Waals surface area contributed by atoms with Crippen molar-refractivity contribution >= 4 is 39.6 Å². The molecule has 0 aliphatic carbocycles. The van der Waals surface area contributed by atoms with Crippen LogP contribution in [0.1, 0.15) is 56.8 Å². The van der Waals surface area contributed by atoms with Gasteiger partial charge in [0.15, 0.2) is 0 Å². The molecule has 0 saturated carbocycles. The van der Waals surface area contributed by atoms with Crippen molar-refractivity contribution in [3.8, 4) is 0 Å². The van der Waals surface area contributed by atoms with Gasteiger partial charge in [-0.15, -0.1) is 13.2 Å². The van der Waals surface area contributed by atoms with Crippen molar-refractivity contribution in [3.05, 3.63) is 97.1 Å². The van der Waals surface area contributed by atoms with Gasteiger partial charge in [0.25, 0.3) is 0 Å². The molecule has 3 amide bonds. The molecule has 2 aromatic carbocycles. The predicted octanol–water partition coefficient (Wildman–Crippen LogP) is 4.72. The van der Waals surface area contributed by atoms with E-state index in [1.807, 2.05) is 74.5 Å². The van der Waals surface area contributed by atoms with E-state index in [-0.39, 0.29) is 55.2 Å². The maximum absolute atomic E-state index is 14.9. The second-order valence-corrected chi connectivity index (χ2v) is 14.7. The normalized spacial score (nSPS) is 26.8. The van der Waals surface area contributed by atoms with E-state index >= 15 is 0 Å². The van der Waals surface area contributed by atoms with E-state index in [0.717, 1.165) is 5.56 Å². The summed E-state index contributed by atoms with van der Waals surface area (Å²) in [6.07, 6.45) is 3.49. The van der Waals surface area contributed by atoms with Crippen molar-refractivity contribution in [2.24, 2.45) is 17.8 Å². The van der Waals surface area contributed by atoms with Crippen LogP contribution >= 0.6 is 15.9 Å². The summed E-state index contributed by atoms with van der Waals surface area (Å²) >= 11 is 3.74. The lowest BCUT2D eigenvalue weighted by Crippen LogP contribution is -2.59. The average molecular weight is 751 g/mol. The maximum Gasteiger partial charge on any atom is 0.313 e. The smallest absolute Gasteiger partial charge is 0.313 e. The van der Waals surface area contributed by atoms with Crippen LogP contribution in [-0.4, -0.2) is 86.9 Å². The van der Waals surface area contributed by atoms with Gasteiger partial charge < -0.3 is 29.7 Å². The lowest BCUT2D eigenvalue weighted by molar-refractivity contribution is -0.161. The van der Waals surface area contributed by atoms with Gasteiger partial charge in [-0.3, -0.25) is 19.2 Å². The number of nitrogens with one attached hydrogen (secondary N) is 1. The number of hydrogen-bond acceptors (Lipinski definition) is 7. The third kappa shape index (κ3) is 7.31. The summed E-state index contributed by atoms with van der Waals surface area (Å²) in [6.45, 7) is 11.7. The van der Waals surface area contributed by atoms with Crippen LogP contribution in [0.15, 0.2) is 86.0 Å². The molecule has 9 atom stereocenters. The highest BCUT2D eigenvalue weighted by atomic mass is 79.9. The van der Waals surface area contributed by atoms with Gasteiger partial charge in [0.2, 0.25) is 17.7 Å². The van der Waals surface area contributed by atoms with Gasteiger partial charge in [0.05, 0.1) is 37.1 Å². The highest BCUT2D eigenvalue weighted by Gasteiger charge is 2.77. The topological polar surface area (TPSA) is 125 Å². The number of benzene rings is 2. The summed E-state index contributed by atoms with van der Waals surface area (Å²) < 4.78 is 12.9. The summed E-state index contributed by atoms with van der Waals surface area (Å²) in [5.41, 5.74) is 0.257. The van der Waals surface area contributed by atoms with Gasteiger partial charge in [-0.1, -0.05) is 109 Å². The Bertz CT molecular complexity index is 1540. The summed E-state index contributed by atoms with van der Waals surface area (Å²) in [7, 11) is 0. The van der Waals surface area contributed by atoms with Gasteiger partial charge in [-0.2, -0.15) is 0 Å². The molecule has 2 aromatic rings. The van der Waals surface area contributed by atoms with E-state index < -0.39 is 53.6 Å². The molecule has 50 heavy (non-hydrogen) atoms. The van der Waals surface area contributed by atoms with Crippen molar-refractivity contribution in [1.82, 2.24) is 15.1 Å². The van der Waals surface area contributed by atoms with Crippen molar-refractivity contribution in [3.63, 3.8) is 0 Å². The molecule has 0 radical (unpaired) electrons. The Hall–Kier alpha value is -3.80. The monoisotopic (exact) mass is 749 g/mol. The first-order chi connectivity index (χ1) is 24.1. The molecule has 3 fully saturated rings. The maximum atomic E-state index is 14.9. The van der Waals surface area contributed by atoms with E-state index in [2.05, 4.69) is 34.4 Å². The Morgan fingerprint density at radius 2 is 1.82 bits per heavy atom. The number of fused-ring (bicyclic) bond motifs is 1. The first kappa shape index (κ1) is 37.5. The number of aliphatic hydroxyl groups is 1. The number of nitrogens with zero attached hydrogens (tertiary/aromatic N) is 2. The number of alkyl halides is 1. The Kier molecular flexibility index (Phi) is 12.3. The van der Waals surface area contributed by atoms with Crippen molar-refractivity contribution in [1.29, 1.82) is 0 Å². The van der Waals surface area contributed by atoms with Crippen LogP contribution in [0.2, 0.25) is 0 Å². The van der Waals surface area contributed by atoms with Crippen LogP contribution < -0.4 is 5.32 Å². The fraction of sp³-hybridized carbons (Fsp3) is 0.487. The highest BCUT2D eigenvalue weighted by molar-refractivity contribution is 9.09. The van der Waals surface area contributed by atoms with Crippen LogP contribution in [-0.2, 0) is 35.2 Å². The van der Waals surface area contributed by atoms with E-state index in [0.29, 0.717) is 24.8 Å². The standard InChI is InChI=1S/C39H48BrN3O7/c1-5-8-19-31(45)41-22-30(27-17-13-10-14-18-27)49-38(48)32-33-36(46)43(29(24-44)25(4)7-3)35(39(33)21-28(40)34(32)50-39)37(47)42(20-6-2)23-26-15-11-9-12-16-26/h5-6,9-18,25,28-30,32-35,44H,1-2,7-8,19-24H2,3-4H3,(H,41,45)/t25-,28?,29-,30-,32-,33+,34-,35-,39+/m0/s1. The first-order valence-electron chi connectivity index (χ1n) is 17.4. The number of esters is 1. The lowest BCUT2D eigenvalue weighted by atomic mass is 9.70. The number of halogens is 1. The van der Waals surface area contributed by atoms with Gasteiger partial charge in [-0.25, -0.2) is 0 Å². The molecule has 5 rings (SSSR count). The number of rotatable bonds is 17. The van der Waals surface area contributed by atoms with E-state index in [1.165, 1.54) is 4.90 Å². The molecule has 2 N–H and O–H groups in total. The third-order valence-electron chi connectivity index (χ3n) is 10.4. The Morgan fingerprint density at radius 3 is 2.44 bits per heavy atom. The second-order valence-electron chi connectivity index (χ2n) is 13.5. The molecule has 1 spiro atoms. The number of likely N-dealkylation sites (tertiary alicyclic amines) is 1. The molecular weight excluding hydrogens is 702 g/mol. The van der Waals surface area contributed by atoms with Gasteiger partial charge in [0.1, 0.15) is 17.7 Å². The molecule has 3 aliphatic heterocycles. The van der Waals surface area contributed by atoms with Crippen molar-refractivity contribution in [2.75, 3.05) is 19.7 Å². The molecule has 10 nitrogen and oxygen atoms in total. The number of ether oxygens (including phenoxy) is 2. The molecule has 0 aromatic heterocycles. The zero-order valence-corrected chi connectivity index (χ0v) is 30.4. The van der Waals surface area contributed by atoms with E-state index in [4.69, 9.17) is 9.47 Å². The van der Waals surface area contributed by atoms with Crippen molar-refractivity contribution < 1.29 is 33.8 Å². The van der Waals surface area contributed by atoms with Crippen LogP contribution in [0.5, 0.6) is 0 Å². The highest BCUT2D eigenvalue weighted by Crippen LogP contribution is 2.61. The molecule has 3 aliphatic rings. The van der Waals surface area contributed by atoms with E-state index in [1.54, 1.807) is 17.1 Å². The van der Waals surface area contributed by atoms with Gasteiger partial charge in [-0.05, 0) is 29.9 Å². The minimum atomic E-state index is -1.34. The minimum absolute atomic E-state index is 0.0370. The summed E-state index contributed by atoms with van der Waals surface area (Å²) in [5, 5.41) is 13.6. The zero-order valence-electron chi connectivity index (χ0n) is 28.8. The largest absolute Gasteiger partial charge is 0.455 e. The molecule has 268 valence electrons. The molecule has 2 bridgehead atoms. The quantitative estimate of drug-likeness (QED) is 0.136. The summed E-state index contributed by atoms with van der Waals surface area (Å²) in [5.74, 6) is -3.76. The number of hydrogen-bond donors (Lipinski definition) is 2. The zero-order chi connectivity index (χ0) is 36.0.